The highest BCUT2D eigenvalue weighted by Gasteiger charge is 2.20. The van der Waals surface area contributed by atoms with Crippen LogP contribution in [-0.2, 0) is 0 Å². The first-order valence-electron chi connectivity index (χ1n) is 10.6. The number of hydrogen-bond donors (Lipinski definition) is 4. The van der Waals surface area contributed by atoms with Crippen molar-refractivity contribution in [3.05, 3.63) is 98.9 Å². The lowest BCUT2D eigenvalue weighted by molar-refractivity contribution is 0.475. The lowest BCUT2D eigenvalue weighted by Gasteiger charge is -2.21. The molecule has 5 rings (SSSR count). The third kappa shape index (κ3) is 4.72. The molecule has 2 aromatic heterocycles. The fraction of sp³-hybridized carbons (Fsp3) is 0.0400. The summed E-state index contributed by atoms with van der Waals surface area (Å²) in [4.78, 5) is 4.55. The Morgan fingerprint density at radius 1 is 0.972 bits per heavy atom. The summed E-state index contributed by atoms with van der Waals surface area (Å²) in [5, 5.41) is 38.9. The van der Waals surface area contributed by atoms with Gasteiger partial charge >= 0.3 is 0 Å². The third-order valence-electron chi connectivity index (χ3n) is 5.51. The smallest absolute Gasteiger partial charge is 0.134 e. The molecule has 178 valence electrons. The van der Waals surface area contributed by atoms with Crippen molar-refractivity contribution in [2.24, 2.45) is 0 Å². The molecule has 0 bridgehead atoms. The number of halogens is 3. The summed E-state index contributed by atoms with van der Waals surface area (Å²) in [5.74, 6) is -0.0436. The van der Waals surface area contributed by atoms with Crippen LogP contribution in [0.15, 0.2) is 67.0 Å². The standard InChI is InChI=1S/C25H16Cl3N7O/c26-15-3-1-13(2-4-15)24(21-12-31-35-34-21)33-20-8-16(27)7-18-23(14(10-29)11-30-25(18)20)32-17-5-6-22(36)19(28)9-17/h1-9,11-12,24,33,36H,(H,30,32)(H,31,34,35)/t24-/m0/s1. The Morgan fingerprint density at radius 3 is 2.47 bits per heavy atom. The van der Waals surface area contributed by atoms with E-state index in [2.05, 4.69) is 37.1 Å². The van der Waals surface area contributed by atoms with Gasteiger partial charge in [0.25, 0.3) is 0 Å². The topological polar surface area (TPSA) is 123 Å². The number of phenols is 1. The highest BCUT2D eigenvalue weighted by atomic mass is 35.5. The van der Waals surface area contributed by atoms with Crippen LogP contribution in [0.5, 0.6) is 5.75 Å². The zero-order valence-corrected chi connectivity index (χ0v) is 20.6. The van der Waals surface area contributed by atoms with Crippen molar-refractivity contribution in [2.45, 2.75) is 6.04 Å². The van der Waals surface area contributed by atoms with Crippen LogP contribution in [0.2, 0.25) is 15.1 Å². The van der Waals surface area contributed by atoms with Gasteiger partial charge in [0.15, 0.2) is 0 Å². The number of rotatable bonds is 6. The first kappa shape index (κ1) is 23.7. The third-order valence-corrected chi connectivity index (χ3v) is 6.28. The van der Waals surface area contributed by atoms with Crippen molar-refractivity contribution in [1.82, 2.24) is 20.4 Å². The van der Waals surface area contributed by atoms with E-state index in [1.165, 1.54) is 12.3 Å². The van der Waals surface area contributed by atoms with E-state index in [9.17, 15) is 10.4 Å². The van der Waals surface area contributed by atoms with Gasteiger partial charge < -0.3 is 15.7 Å². The molecule has 11 heteroatoms. The molecule has 0 aliphatic carbocycles. The molecule has 5 aromatic rings. The summed E-state index contributed by atoms with van der Waals surface area (Å²) < 4.78 is 0. The lowest BCUT2D eigenvalue weighted by Crippen LogP contribution is -2.13. The number of anilines is 3. The molecule has 0 radical (unpaired) electrons. The summed E-state index contributed by atoms with van der Waals surface area (Å²) >= 11 is 18.7. The van der Waals surface area contributed by atoms with Gasteiger partial charge in [-0.25, -0.2) is 0 Å². The number of phenolic OH excluding ortho intramolecular Hbond substituents is 1. The van der Waals surface area contributed by atoms with Gasteiger partial charge in [0.05, 0.1) is 39.7 Å². The number of aromatic nitrogens is 4. The average molecular weight is 537 g/mol. The van der Waals surface area contributed by atoms with E-state index in [0.717, 1.165) is 5.56 Å². The van der Waals surface area contributed by atoms with Crippen LogP contribution in [0.25, 0.3) is 10.9 Å². The maximum atomic E-state index is 9.76. The van der Waals surface area contributed by atoms with Crippen LogP contribution < -0.4 is 10.6 Å². The number of nitriles is 1. The zero-order valence-electron chi connectivity index (χ0n) is 18.3. The highest BCUT2D eigenvalue weighted by Crippen LogP contribution is 2.38. The molecule has 2 heterocycles. The minimum Gasteiger partial charge on any atom is -0.506 e. The van der Waals surface area contributed by atoms with Crippen molar-refractivity contribution in [3.63, 3.8) is 0 Å². The SMILES string of the molecule is N#Cc1cnc2c(N[C@@H](c3ccc(Cl)cc3)c3cn[nH]n3)cc(Cl)cc2c1Nc1ccc(O)c(Cl)c1. The van der Waals surface area contributed by atoms with E-state index in [-0.39, 0.29) is 10.8 Å². The van der Waals surface area contributed by atoms with Crippen LogP contribution in [0, 0.1) is 11.3 Å². The van der Waals surface area contributed by atoms with E-state index in [0.29, 0.717) is 49.3 Å². The predicted molar refractivity (Wildman–Crippen MR) is 141 cm³/mol. The molecule has 1 atom stereocenters. The van der Waals surface area contributed by atoms with E-state index in [1.54, 1.807) is 42.6 Å². The number of aromatic amines is 1. The molecule has 8 nitrogen and oxygen atoms in total. The summed E-state index contributed by atoms with van der Waals surface area (Å²) in [5.41, 5.74) is 4.14. The lowest BCUT2D eigenvalue weighted by atomic mass is 10.0. The summed E-state index contributed by atoms with van der Waals surface area (Å²) in [7, 11) is 0. The van der Waals surface area contributed by atoms with Gasteiger partial charge in [0.2, 0.25) is 0 Å². The monoisotopic (exact) mass is 535 g/mol. The summed E-state index contributed by atoms with van der Waals surface area (Å²) in [6.07, 6.45) is 3.11. The van der Waals surface area contributed by atoms with E-state index in [1.807, 2.05) is 12.1 Å². The van der Waals surface area contributed by atoms with Gasteiger partial charge in [-0.05, 0) is 48.0 Å². The molecule has 0 spiro atoms. The summed E-state index contributed by atoms with van der Waals surface area (Å²) in [6, 6.07) is 17.3. The zero-order chi connectivity index (χ0) is 25.2. The second-order valence-electron chi connectivity index (χ2n) is 7.82. The fourth-order valence-electron chi connectivity index (χ4n) is 3.81. The number of nitrogens with zero attached hydrogens (tertiary/aromatic N) is 4. The number of nitrogens with one attached hydrogen (secondary N) is 3. The number of pyridine rings is 1. The maximum absolute atomic E-state index is 9.76. The Bertz CT molecular complexity index is 1600. The Kier molecular flexibility index (Phi) is 6.53. The summed E-state index contributed by atoms with van der Waals surface area (Å²) in [6.45, 7) is 0. The molecular formula is C25H16Cl3N7O. The second-order valence-corrected chi connectivity index (χ2v) is 9.10. The van der Waals surface area contributed by atoms with Crippen molar-refractivity contribution < 1.29 is 5.11 Å². The van der Waals surface area contributed by atoms with Crippen LogP contribution in [0.3, 0.4) is 0 Å². The molecule has 0 unspecified atom stereocenters. The molecular weight excluding hydrogens is 521 g/mol. The minimum absolute atomic E-state index is 0.0436. The molecule has 0 aliphatic heterocycles. The van der Waals surface area contributed by atoms with Gasteiger partial charge in [-0.15, -0.1) is 0 Å². The second kappa shape index (κ2) is 9.91. The fourth-order valence-corrected chi connectivity index (χ4v) is 4.34. The van der Waals surface area contributed by atoms with E-state index >= 15 is 0 Å². The van der Waals surface area contributed by atoms with Crippen molar-refractivity contribution >= 4 is 62.8 Å². The largest absolute Gasteiger partial charge is 0.506 e. The van der Waals surface area contributed by atoms with Gasteiger partial charge in [-0.2, -0.15) is 20.7 Å². The van der Waals surface area contributed by atoms with E-state index in [4.69, 9.17) is 34.8 Å². The highest BCUT2D eigenvalue weighted by molar-refractivity contribution is 6.33. The minimum atomic E-state index is -0.396. The molecule has 0 fully saturated rings. The molecule has 0 amide bonds. The Morgan fingerprint density at radius 2 is 1.78 bits per heavy atom. The predicted octanol–water partition coefficient (Wildman–Crippen LogP) is 6.84. The first-order valence-corrected chi connectivity index (χ1v) is 11.7. The van der Waals surface area contributed by atoms with Crippen LogP contribution in [0.4, 0.5) is 17.1 Å². The molecule has 0 aliphatic rings. The quantitative estimate of drug-likeness (QED) is 0.175. The number of benzene rings is 3. The van der Waals surface area contributed by atoms with Crippen molar-refractivity contribution in [1.29, 1.82) is 5.26 Å². The Labute approximate surface area is 220 Å². The Hall–Kier alpha value is -4.03. The van der Waals surface area contributed by atoms with Crippen LogP contribution >= 0.6 is 34.8 Å². The van der Waals surface area contributed by atoms with Crippen molar-refractivity contribution in [3.8, 4) is 11.8 Å². The van der Waals surface area contributed by atoms with Crippen LogP contribution in [-0.4, -0.2) is 25.5 Å². The van der Waals surface area contributed by atoms with Gasteiger partial charge in [-0.1, -0.05) is 46.9 Å². The number of hydrogen-bond acceptors (Lipinski definition) is 7. The number of fused-ring (bicyclic) bond motifs is 1. The van der Waals surface area contributed by atoms with Crippen molar-refractivity contribution in [2.75, 3.05) is 10.6 Å². The molecule has 0 saturated carbocycles. The van der Waals surface area contributed by atoms with Gasteiger partial charge in [0, 0.05) is 27.3 Å². The van der Waals surface area contributed by atoms with Gasteiger partial charge in [-0.3, -0.25) is 4.98 Å². The molecule has 36 heavy (non-hydrogen) atoms. The molecule has 0 saturated heterocycles. The Balaban J connectivity index is 1.63. The van der Waals surface area contributed by atoms with Crippen LogP contribution in [0.1, 0.15) is 22.9 Å². The number of aromatic hydroxyl groups is 1. The number of H-pyrrole nitrogens is 1. The molecule has 3 aromatic carbocycles. The average Bonchev–Trinajstić information content (AvgIpc) is 3.40. The van der Waals surface area contributed by atoms with Gasteiger partial charge in [0.1, 0.15) is 17.5 Å². The normalized spacial score (nSPS) is 11.7. The molecule has 4 N–H and O–H groups in total. The van der Waals surface area contributed by atoms with E-state index < -0.39 is 6.04 Å². The first-order chi connectivity index (χ1) is 17.4. The maximum Gasteiger partial charge on any atom is 0.134 e.